The van der Waals surface area contributed by atoms with Crippen LogP contribution in [0, 0.1) is 0 Å². The van der Waals surface area contributed by atoms with Crippen LogP contribution in [-0.4, -0.2) is 37.0 Å². The maximum atomic E-state index is 11.2. The molecule has 1 saturated heterocycles. The molecule has 1 aromatic rings. The number of benzene rings is 1. The minimum absolute atomic E-state index is 0.0613. The van der Waals surface area contributed by atoms with Crippen molar-refractivity contribution in [3.63, 3.8) is 0 Å². The van der Waals surface area contributed by atoms with Gasteiger partial charge in [0.25, 0.3) is 0 Å². The summed E-state index contributed by atoms with van der Waals surface area (Å²) in [6.07, 6.45) is 0. The van der Waals surface area contributed by atoms with E-state index in [1.807, 2.05) is 11.0 Å². The molecule has 110 valence electrons. The highest BCUT2D eigenvalue weighted by molar-refractivity contribution is 5.74. The minimum atomic E-state index is 0.0613. The summed E-state index contributed by atoms with van der Waals surface area (Å²) < 4.78 is 5.50. The van der Waals surface area contributed by atoms with E-state index >= 15 is 0 Å². The second-order valence-electron chi connectivity index (χ2n) is 6.43. The molecule has 0 aliphatic carbocycles. The van der Waals surface area contributed by atoms with Gasteiger partial charge in [-0.3, -0.25) is 4.79 Å². The van der Waals surface area contributed by atoms with Gasteiger partial charge in [0.2, 0.25) is 5.91 Å². The van der Waals surface area contributed by atoms with E-state index in [4.69, 9.17) is 4.74 Å². The lowest BCUT2D eigenvalue weighted by atomic mass is 9.86. The molecule has 1 heterocycles. The number of anilines is 1. The van der Waals surface area contributed by atoms with Crippen molar-refractivity contribution in [2.75, 3.05) is 25.5 Å². The third kappa shape index (κ3) is 3.06. The van der Waals surface area contributed by atoms with Crippen LogP contribution in [0.25, 0.3) is 0 Å². The van der Waals surface area contributed by atoms with Gasteiger partial charge in [0, 0.05) is 31.8 Å². The van der Waals surface area contributed by atoms with Crippen LogP contribution in [0.1, 0.15) is 33.3 Å². The summed E-state index contributed by atoms with van der Waals surface area (Å²) >= 11 is 0. The number of carbonyl (C=O) groups excluding carboxylic acids is 1. The lowest BCUT2D eigenvalue weighted by Crippen LogP contribution is -2.56. The fourth-order valence-electron chi connectivity index (χ4n) is 2.46. The van der Waals surface area contributed by atoms with E-state index in [1.165, 1.54) is 5.56 Å². The molecule has 2 rings (SSSR count). The van der Waals surface area contributed by atoms with Crippen molar-refractivity contribution in [3.8, 4) is 5.75 Å². The average molecular weight is 276 g/mol. The zero-order valence-corrected chi connectivity index (χ0v) is 13.0. The normalized spacial score (nSPS) is 15.8. The van der Waals surface area contributed by atoms with Gasteiger partial charge in [0.15, 0.2) is 0 Å². The first kappa shape index (κ1) is 14.7. The van der Waals surface area contributed by atoms with E-state index in [0.29, 0.717) is 6.04 Å². The number of hydrogen-bond acceptors (Lipinski definition) is 3. The Balaban J connectivity index is 2.06. The van der Waals surface area contributed by atoms with Gasteiger partial charge in [-0.2, -0.15) is 0 Å². The first-order valence-electron chi connectivity index (χ1n) is 7.02. The Hall–Kier alpha value is -1.71. The second-order valence-corrected chi connectivity index (χ2v) is 6.43. The van der Waals surface area contributed by atoms with Crippen LogP contribution >= 0.6 is 0 Å². The Labute approximate surface area is 121 Å². The summed E-state index contributed by atoms with van der Waals surface area (Å²) in [4.78, 5) is 13.0. The molecule has 4 heteroatoms. The summed E-state index contributed by atoms with van der Waals surface area (Å²) in [6.45, 7) is 9.69. The summed E-state index contributed by atoms with van der Waals surface area (Å²) in [6, 6.07) is 6.57. The molecule has 4 nitrogen and oxygen atoms in total. The molecule has 0 spiro atoms. The van der Waals surface area contributed by atoms with Gasteiger partial charge in [-0.15, -0.1) is 0 Å². The number of hydrogen-bond donors (Lipinski definition) is 1. The zero-order valence-electron chi connectivity index (χ0n) is 13.0. The van der Waals surface area contributed by atoms with E-state index in [1.54, 1.807) is 14.0 Å². The van der Waals surface area contributed by atoms with Crippen molar-refractivity contribution in [2.24, 2.45) is 0 Å². The maximum Gasteiger partial charge on any atom is 0.219 e. The summed E-state index contributed by atoms with van der Waals surface area (Å²) in [5.74, 6) is 1.05. The van der Waals surface area contributed by atoms with Crippen LogP contribution in [0.5, 0.6) is 5.75 Å². The van der Waals surface area contributed by atoms with Crippen LogP contribution in [-0.2, 0) is 10.2 Å². The van der Waals surface area contributed by atoms with E-state index < -0.39 is 0 Å². The zero-order chi connectivity index (χ0) is 14.9. The monoisotopic (exact) mass is 276 g/mol. The first-order valence-corrected chi connectivity index (χ1v) is 7.02. The van der Waals surface area contributed by atoms with Crippen molar-refractivity contribution in [1.82, 2.24) is 4.90 Å². The van der Waals surface area contributed by atoms with E-state index in [-0.39, 0.29) is 11.3 Å². The number of methoxy groups -OCH3 is 1. The fourth-order valence-corrected chi connectivity index (χ4v) is 2.46. The van der Waals surface area contributed by atoms with Crippen LogP contribution in [0.4, 0.5) is 5.69 Å². The smallest absolute Gasteiger partial charge is 0.219 e. The molecule has 1 amide bonds. The first-order chi connectivity index (χ1) is 9.31. The van der Waals surface area contributed by atoms with Crippen molar-refractivity contribution < 1.29 is 9.53 Å². The van der Waals surface area contributed by atoms with Crippen LogP contribution in [0.3, 0.4) is 0 Å². The number of carbonyl (C=O) groups is 1. The lowest BCUT2D eigenvalue weighted by Gasteiger charge is -2.39. The Morgan fingerprint density at radius 1 is 1.35 bits per heavy atom. The average Bonchev–Trinajstić information content (AvgIpc) is 2.31. The van der Waals surface area contributed by atoms with E-state index in [2.05, 4.69) is 38.2 Å². The SMILES string of the molecule is COc1cc(NC2CN(C(C)=O)C2)ccc1C(C)(C)C. The summed E-state index contributed by atoms with van der Waals surface area (Å²) in [5, 5.41) is 3.44. The third-order valence-electron chi connectivity index (χ3n) is 3.71. The number of ether oxygens (including phenoxy) is 1. The van der Waals surface area contributed by atoms with Gasteiger partial charge in [0.1, 0.15) is 5.75 Å². The topological polar surface area (TPSA) is 41.6 Å². The molecule has 0 bridgehead atoms. The third-order valence-corrected chi connectivity index (χ3v) is 3.71. The molecule has 1 aliphatic rings. The van der Waals surface area contributed by atoms with Gasteiger partial charge in [-0.25, -0.2) is 0 Å². The fraction of sp³-hybridized carbons (Fsp3) is 0.562. The molecule has 1 fully saturated rings. The van der Waals surface area contributed by atoms with Crippen LogP contribution in [0.15, 0.2) is 18.2 Å². The highest BCUT2D eigenvalue weighted by Crippen LogP contribution is 2.33. The minimum Gasteiger partial charge on any atom is -0.496 e. The van der Waals surface area contributed by atoms with Crippen molar-refractivity contribution in [1.29, 1.82) is 0 Å². The highest BCUT2D eigenvalue weighted by atomic mass is 16.5. The number of nitrogens with zero attached hydrogens (tertiary/aromatic N) is 1. The predicted molar refractivity (Wildman–Crippen MR) is 81.4 cm³/mol. The number of nitrogens with one attached hydrogen (secondary N) is 1. The van der Waals surface area contributed by atoms with Gasteiger partial charge in [-0.05, 0) is 17.0 Å². The predicted octanol–water partition coefficient (Wildman–Crippen LogP) is 2.64. The molecule has 0 aromatic heterocycles. The standard InChI is InChI=1S/C16H24N2O2/c1-11(19)18-9-13(10-18)17-12-6-7-14(16(2,3)4)15(8-12)20-5/h6-8,13,17H,9-10H2,1-5H3. The van der Waals surface area contributed by atoms with E-state index in [9.17, 15) is 4.79 Å². The molecule has 1 aromatic carbocycles. The Bertz CT molecular complexity index is 500. The quantitative estimate of drug-likeness (QED) is 0.922. The molecule has 20 heavy (non-hydrogen) atoms. The molecule has 0 unspecified atom stereocenters. The maximum absolute atomic E-state index is 11.2. The second kappa shape index (κ2) is 5.35. The Morgan fingerprint density at radius 3 is 2.50 bits per heavy atom. The van der Waals surface area contributed by atoms with E-state index in [0.717, 1.165) is 24.5 Å². The molecule has 0 atom stereocenters. The van der Waals surface area contributed by atoms with Gasteiger partial charge in [0.05, 0.1) is 13.2 Å². The van der Waals surface area contributed by atoms with Crippen molar-refractivity contribution >= 4 is 11.6 Å². The number of amides is 1. The summed E-state index contributed by atoms with van der Waals surface area (Å²) in [5.41, 5.74) is 2.30. The number of likely N-dealkylation sites (tertiary alicyclic amines) is 1. The molecule has 1 N–H and O–H groups in total. The largest absolute Gasteiger partial charge is 0.496 e. The number of rotatable bonds is 3. The molecule has 0 radical (unpaired) electrons. The van der Waals surface area contributed by atoms with Gasteiger partial charge < -0.3 is 15.0 Å². The van der Waals surface area contributed by atoms with Crippen LogP contribution in [0.2, 0.25) is 0 Å². The molecule has 0 saturated carbocycles. The highest BCUT2D eigenvalue weighted by Gasteiger charge is 2.28. The van der Waals surface area contributed by atoms with Crippen molar-refractivity contribution in [2.45, 2.75) is 39.2 Å². The molecular formula is C16H24N2O2. The molecular weight excluding hydrogens is 252 g/mol. The van der Waals surface area contributed by atoms with Gasteiger partial charge in [-0.1, -0.05) is 26.8 Å². The van der Waals surface area contributed by atoms with Gasteiger partial charge >= 0.3 is 0 Å². The lowest BCUT2D eigenvalue weighted by molar-refractivity contribution is -0.132. The Morgan fingerprint density at radius 2 is 2.00 bits per heavy atom. The molecule has 1 aliphatic heterocycles. The van der Waals surface area contributed by atoms with Crippen molar-refractivity contribution in [3.05, 3.63) is 23.8 Å². The Kier molecular flexibility index (Phi) is 3.93. The van der Waals surface area contributed by atoms with Crippen LogP contribution < -0.4 is 10.1 Å². The summed E-state index contributed by atoms with van der Waals surface area (Å²) in [7, 11) is 1.70.